The molecule has 20 heavy (non-hydrogen) atoms. The van der Waals surface area contributed by atoms with Gasteiger partial charge in [0.2, 0.25) is 0 Å². The molecule has 1 aromatic heterocycles. The van der Waals surface area contributed by atoms with Crippen LogP contribution in [0.5, 0.6) is 0 Å². The molecule has 110 valence electrons. The van der Waals surface area contributed by atoms with Crippen molar-refractivity contribution in [2.24, 2.45) is 0 Å². The van der Waals surface area contributed by atoms with Crippen LogP contribution in [0.15, 0.2) is 6.07 Å². The van der Waals surface area contributed by atoms with Crippen molar-refractivity contribution in [1.82, 2.24) is 15.5 Å². The number of hydrogen-bond acceptors (Lipinski definition) is 5. The summed E-state index contributed by atoms with van der Waals surface area (Å²) >= 11 is 0. The molecule has 0 aliphatic carbocycles. The second-order valence-corrected chi connectivity index (χ2v) is 5.71. The summed E-state index contributed by atoms with van der Waals surface area (Å²) < 4.78 is 5.21. The molecule has 0 spiro atoms. The van der Waals surface area contributed by atoms with Gasteiger partial charge in [0.05, 0.1) is 17.0 Å². The molecule has 1 aromatic rings. The van der Waals surface area contributed by atoms with E-state index in [2.05, 4.69) is 15.5 Å². The monoisotopic (exact) mass is 279 g/mol. The van der Waals surface area contributed by atoms with E-state index in [1.54, 1.807) is 47.6 Å². The van der Waals surface area contributed by atoms with Crippen LogP contribution in [0.4, 0.5) is 0 Å². The molecule has 0 bridgehead atoms. The molecular formula is C14H21N3O3. The lowest BCUT2D eigenvalue weighted by molar-refractivity contribution is -0.156. The smallest absolute Gasteiger partial charge is 0.328 e. The van der Waals surface area contributed by atoms with Crippen molar-refractivity contribution in [2.75, 3.05) is 0 Å². The van der Waals surface area contributed by atoms with Crippen LogP contribution in [0.1, 0.15) is 49.4 Å². The zero-order valence-electron chi connectivity index (χ0n) is 12.8. The maximum Gasteiger partial charge on any atom is 0.328 e. The van der Waals surface area contributed by atoms with E-state index >= 15 is 0 Å². The number of nitrogens with zero attached hydrogens (tertiary/aromatic N) is 2. The van der Waals surface area contributed by atoms with E-state index in [4.69, 9.17) is 4.74 Å². The number of nitrogens with one attached hydrogen (secondary N) is 1. The SMILES string of the molecule is Cc1cc(C(=O)N[C@H](C)C(=O)OC(C)(C)C)c(C)nn1. The minimum atomic E-state index is -0.727. The molecule has 6 heteroatoms. The first kappa shape index (κ1) is 16.1. The van der Waals surface area contributed by atoms with Gasteiger partial charge in [0.1, 0.15) is 11.6 Å². The highest BCUT2D eigenvalue weighted by molar-refractivity contribution is 5.97. The van der Waals surface area contributed by atoms with Gasteiger partial charge in [-0.25, -0.2) is 4.79 Å². The van der Waals surface area contributed by atoms with Crippen molar-refractivity contribution in [3.8, 4) is 0 Å². The normalized spacial score (nSPS) is 12.7. The van der Waals surface area contributed by atoms with Gasteiger partial charge in [0, 0.05) is 0 Å². The molecule has 0 radical (unpaired) electrons. The van der Waals surface area contributed by atoms with Crippen LogP contribution in [0, 0.1) is 13.8 Å². The Hall–Kier alpha value is -1.98. The molecular weight excluding hydrogens is 258 g/mol. The average molecular weight is 279 g/mol. The number of aromatic nitrogens is 2. The van der Waals surface area contributed by atoms with Gasteiger partial charge in [-0.05, 0) is 47.6 Å². The maximum absolute atomic E-state index is 12.1. The highest BCUT2D eigenvalue weighted by Crippen LogP contribution is 2.09. The first-order chi connectivity index (χ1) is 9.10. The quantitative estimate of drug-likeness (QED) is 0.849. The van der Waals surface area contributed by atoms with Crippen molar-refractivity contribution in [2.45, 2.75) is 53.2 Å². The molecule has 0 aliphatic heterocycles. The van der Waals surface area contributed by atoms with Crippen molar-refractivity contribution in [1.29, 1.82) is 0 Å². The Balaban J connectivity index is 2.75. The predicted molar refractivity (Wildman–Crippen MR) is 74.3 cm³/mol. The average Bonchev–Trinajstić information content (AvgIpc) is 2.29. The summed E-state index contributed by atoms with van der Waals surface area (Å²) in [4.78, 5) is 23.9. The fraction of sp³-hybridized carbons (Fsp3) is 0.571. The van der Waals surface area contributed by atoms with Gasteiger partial charge >= 0.3 is 5.97 Å². The molecule has 0 aromatic carbocycles. The zero-order chi connectivity index (χ0) is 15.5. The largest absolute Gasteiger partial charge is 0.458 e. The Kier molecular flexibility index (Phi) is 4.81. The van der Waals surface area contributed by atoms with Crippen LogP contribution in [-0.2, 0) is 9.53 Å². The molecule has 1 atom stereocenters. The molecule has 0 fully saturated rings. The van der Waals surface area contributed by atoms with Crippen molar-refractivity contribution in [3.05, 3.63) is 23.0 Å². The number of carbonyl (C=O) groups excluding carboxylic acids is 2. The van der Waals surface area contributed by atoms with E-state index in [9.17, 15) is 9.59 Å². The molecule has 0 aliphatic rings. The second kappa shape index (κ2) is 5.98. The molecule has 0 saturated carbocycles. The van der Waals surface area contributed by atoms with E-state index in [1.165, 1.54) is 0 Å². The lowest BCUT2D eigenvalue weighted by atomic mass is 10.1. The third-order valence-electron chi connectivity index (χ3n) is 2.45. The van der Waals surface area contributed by atoms with Crippen LogP contribution in [0.3, 0.4) is 0 Å². The van der Waals surface area contributed by atoms with Gasteiger partial charge in [-0.2, -0.15) is 10.2 Å². The van der Waals surface area contributed by atoms with Gasteiger partial charge in [-0.3, -0.25) is 4.79 Å². The summed E-state index contributed by atoms with van der Waals surface area (Å²) in [6, 6.07) is 0.911. The molecule has 0 unspecified atom stereocenters. The number of carbonyl (C=O) groups is 2. The topological polar surface area (TPSA) is 81.2 Å². The van der Waals surface area contributed by atoms with E-state index < -0.39 is 17.6 Å². The lowest BCUT2D eigenvalue weighted by Crippen LogP contribution is -2.42. The Morgan fingerprint density at radius 3 is 2.40 bits per heavy atom. The number of hydrogen-bond donors (Lipinski definition) is 1. The Morgan fingerprint density at radius 2 is 1.85 bits per heavy atom. The Morgan fingerprint density at radius 1 is 1.25 bits per heavy atom. The van der Waals surface area contributed by atoms with Gasteiger partial charge in [-0.1, -0.05) is 0 Å². The van der Waals surface area contributed by atoms with E-state index in [0.29, 0.717) is 17.0 Å². The van der Waals surface area contributed by atoms with Crippen LogP contribution in [0.2, 0.25) is 0 Å². The molecule has 1 heterocycles. The lowest BCUT2D eigenvalue weighted by Gasteiger charge is -2.22. The summed E-state index contributed by atoms with van der Waals surface area (Å²) in [7, 11) is 0. The number of amides is 1. The summed E-state index contributed by atoms with van der Waals surface area (Å²) in [5.41, 5.74) is 0.990. The first-order valence-corrected chi connectivity index (χ1v) is 6.45. The van der Waals surface area contributed by atoms with E-state index in [1.807, 2.05) is 0 Å². The summed E-state index contributed by atoms with van der Waals surface area (Å²) in [5, 5.41) is 10.4. The number of rotatable bonds is 3. The van der Waals surface area contributed by atoms with Gasteiger partial charge in [0.15, 0.2) is 0 Å². The van der Waals surface area contributed by atoms with E-state index in [0.717, 1.165) is 0 Å². The number of ether oxygens (including phenoxy) is 1. The fourth-order valence-corrected chi connectivity index (χ4v) is 1.50. The standard InChI is InChI=1S/C14H21N3O3/c1-8-7-11(9(2)17-16-8)12(18)15-10(3)13(19)20-14(4,5)6/h7,10H,1-6H3,(H,15,18)/t10-/m1/s1. The van der Waals surface area contributed by atoms with Gasteiger partial charge < -0.3 is 10.1 Å². The molecule has 6 nitrogen and oxygen atoms in total. The Labute approximate surface area is 118 Å². The van der Waals surface area contributed by atoms with Crippen molar-refractivity contribution >= 4 is 11.9 Å². The summed E-state index contributed by atoms with van der Waals surface area (Å²) in [6.07, 6.45) is 0. The number of esters is 1. The third-order valence-corrected chi connectivity index (χ3v) is 2.45. The maximum atomic E-state index is 12.1. The predicted octanol–water partition coefficient (Wildman–Crippen LogP) is 1.55. The molecule has 1 amide bonds. The first-order valence-electron chi connectivity index (χ1n) is 6.45. The fourth-order valence-electron chi connectivity index (χ4n) is 1.50. The van der Waals surface area contributed by atoms with Gasteiger partial charge in [-0.15, -0.1) is 0 Å². The van der Waals surface area contributed by atoms with Crippen molar-refractivity contribution < 1.29 is 14.3 Å². The van der Waals surface area contributed by atoms with Crippen LogP contribution >= 0.6 is 0 Å². The highest BCUT2D eigenvalue weighted by atomic mass is 16.6. The minimum absolute atomic E-state index is 0.362. The number of aryl methyl sites for hydroxylation is 2. The zero-order valence-corrected chi connectivity index (χ0v) is 12.8. The van der Waals surface area contributed by atoms with Crippen LogP contribution in [0.25, 0.3) is 0 Å². The Bertz CT molecular complexity index is 521. The highest BCUT2D eigenvalue weighted by Gasteiger charge is 2.24. The second-order valence-electron chi connectivity index (χ2n) is 5.71. The molecule has 1 N–H and O–H groups in total. The summed E-state index contributed by atoms with van der Waals surface area (Å²) in [6.45, 7) is 10.4. The molecule has 0 saturated heterocycles. The van der Waals surface area contributed by atoms with Crippen LogP contribution in [-0.4, -0.2) is 33.7 Å². The van der Waals surface area contributed by atoms with E-state index in [-0.39, 0.29) is 5.91 Å². The van der Waals surface area contributed by atoms with Crippen molar-refractivity contribution in [3.63, 3.8) is 0 Å². The minimum Gasteiger partial charge on any atom is -0.458 e. The summed E-state index contributed by atoms with van der Waals surface area (Å²) in [5.74, 6) is -0.832. The van der Waals surface area contributed by atoms with Crippen LogP contribution < -0.4 is 5.32 Å². The molecule has 1 rings (SSSR count). The van der Waals surface area contributed by atoms with Gasteiger partial charge in [0.25, 0.3) is 5.91 Å². The third kappa shape index (κ3) is 4.60.